The number of benzene rings is 1. The van der Waals surface area contributed by atoms with Crippen molar-refractivity contribution >= 4 is 11.9 Å². The number of rotatable bonds is 9. The minimum absolute atomic E-state index is 0.0469. The van der Waals surface area contributed by atoms with Crippen molar-refractivity contribution in [2.45, 2.75) is 58.0 Å². The number of aliphatic carboxylic acids is 1. The minimum Gasteiger partial charge on any atom is -0.490 e. The van der Waals surface area contributed by atoms with Gasteiger partial charge in [0.05, 0.1) is 6.10 Å². The maximum Gasteiger partial charge on any atom is 0.303 e. The fourth-order valence-corrected chi connectivity index (χ4v) is 2.98. The maximum absolute atomic E-state index is 11.9. The Kier molecular flexibility index (Phi) is 7.09. The third kappa shape index (κ3) is 6.60. The Morgan fingerprint density at radius 2 is 2.08 bits per heavy atom. The van der Waals surface area contributed by atoms with Crippen LogP contribution in [0.5, 0.6) is 5.75 Å². The van der Waals surface area contributed by atoms with Crippen LogP contribution in [0.25, 0.3) is 0 Å². The molecule has 5 nitrogen and oxygen atoms in total. The summed E-state index contributed by atoms with van der Waals surface area (Å²) in [7, 11) is 0. The second-order valence-corrected chi connectivity index (χ2v) is 6.68. The van der Waals surface area contributed by atoms with Gasteiger partial charge in [0, 0.05) is 19.4 Å². The van der Waals surface area contributed by atoms with E-state index in [0.717, 1.165) is 24.2 Å². The lowest BCUT2D eigenvalue weighted by Crippen LogP contribution is -2.29. The summed E-state index contributed by atoms with van der Waals surface area (Å²) >= 11 is 0. The highest BCUT2D eigenvalue weighted by atomic mass is 16.5. The molecule has 1 unspecified atom stereocenters. The van der Waals surface area contributed by atoms with Gasteiger partial charge < -0.3 is 15.2 Å². The largest absolute Gasteiger partial charge is 0.490 e. The average molecular weight is 333 g/mol. The third-order valence-electron chi connectivity index (χ3n) is 4.31. The van der Waals surface area contributed by atoms with E-state index in [9.17, 15) is 9.59 Å². The normalized spacial score (nSPS) is 15.9. The molecule has 0 aliphatic heterocycles. The Morgan fingerprint density at radius 3 is 2.79 bits per heavy atom. The molecule has 2 rings (SSSR count). The molecular formula is C19H27NO4. The fraction of sp³-hybridized carbons (Fsp3) is 0.579. The number of carboxylic acid groups (broad SMARTS) is 1. The van der Waals surface area contributed by atoms with Crippen LogP contribution < -0.4 is 10.1 Å². The van der Waals surface area contributed by atoms with Gasteiger partial charge in [0.15, 0.2) is 0 Å². The molecule has 0 radical (unpaired) electrons. The lowest BCUT2D eigenvalue weighted by Gasteiger charge is -2.14. The molecule has 1 aromatic rings. The summed E-state index contributed by atoms with van der Waals surface area (Å²) in [5.41, 5.74) is 1.08. The Hall–Kier alpha value is -2.04. The van der Waals surface area contributed by atoms with E-state index >= 15 is 0 Å². The fourth-order valence-electron chi connectivity index (χ4n) is 2.98. The zero-order chi connectivity index (χ0) is 17.4. The molecule has 1 aromatic carbocycles. The lowest BCUT2D eigenvalue weighted by atomic mass is 10.1. The van der Waals surface area contributed by atoms with E-state index in [2.05, 4.69) is 5.32 Å². The van der Waals surface area contributed by atoms with Crippen LogP contribution in [-0.4, -0.2) is 29.6 Å². The molecule has 1 fully saturated rings. The number of carbonyl (C=O) groups is 2. The molecule has 1 atom stereocenters. The smallest absolute Gasteiger partial charge is 0.303 e. The Balaban J connectivity index is 1.72. The Bertz CT molecular complexity index is 552. The van der Waals surface area contributed by atoms with E-state index in [-0.39, 0.29) is 18.2 Å². The third-order valence-corrected chi connectivity index (χ3v) is 4.31. The first-order valence-corrected chi connectivity index (χ1v) is 8.77. The van der Waals surface area contributed by atoms with Crippen molar-refractivity contribution in [2.75, 3.05) is 6.54 Å². The Morgan fingerprint density at radius 1 is 1.33 bits per heavy atom. The predicted octanol–water partition coefficient (Wildman–Crippen LogP) is 3.17. The highest BCUT2D eigenvalue weighted by molar-refractivity contribution is 5.76. The highest BCUT2D eigenvalue weighted by Crippen LogP contribution is 2.24. The minimum atomic E-state index is -0.837. The monoisotopic (exact) mass is 333 g/mol. The van der Waals surface area contributed by atoms with E-state index in [4.69, 9.17) is 9.84 Å². The van der Waals surface area contributed by atoms with Crippen molar-refractivity contribution < 1.29 is 19.4 Å². The predicted molar refractivity (Wildman–Crippen MR) is 92.1 cm³/mol. The van der Waals surface area contributed by atoms with Gasteiger partial charge in [-0.25, -0.2) is 0 Å². The van der Waals surface area contributed by atoms with Crippen LogP contribution in [0.4, 0.5) is 0 Å². The molecule has 0 aromatic heterocycles. The summed E-state index contributed by atoms with van der Waals surface area (Å²) in [6.07, 6.45) is 6.19. The van der Waals surface area contributed by atoms with Crippen molar-refractivity contribution in [2.24, 2.45) is 5.92 Å². The summed E-state index contributed by atoms with van der Waals surface area (Å²) in [6, 6.07) is 7.95. The zero-order valence-electron chi connectivity index (χ0n) is 14.3. The molecule has 24 heavy (non-hydrogen) atoms. The first-order valence-electron chi connectivity index (χ1n) is 8.77. The van der Waals surface area contributed by atoms with Crippen LogP contribution in [0.2, 0.25) is 0 Å². The van der Waals surface area contributed by atoms with E-state index in [1.54, 1.807) is 0 Å². The van der Waals surface area contributed by atoms with Crippen LogP contribution in [0.3, 0.4) is 0 Å². The molecule has 1 aliphatic carbocycles. The molecule has 0 saturated heterocycles. The molecule has 0 bridgehead atoms. The van der Waals surface area contributed by atoms with Gasteiger partial charge in [-0.1, -0.05) is 19.1 Å². The van der Waals surface area contributed by atoms with E-state index in [0.29, 0.717) is 25.5 Å². The second-order valence-electron chi connectivity index (χ2n) is 6.68. The first kappa shape index (κ1) is 18.3. The Labute approximate surface area is 143 Å². The van der Waals surface area contributed by atoms with Gasteiger partial charge in [-0.15, -0.1) is 0 Å². The summed E-state index contributed by atoms with van der Waals surface area (Å²) in [5, 5.41) is 11.5. The van der Waals surface area contributed by atoms with Crippen LogP contribution in [0.15, 0.2) is 24.3 Å². The number of amides is 1. The van der Waals surface area contributed by atoms with Gasteiger partial charge in [-0.05, 0) is 55.7 Å². The van der Waals surface area contributed by atoms with Crippen LogP contribution in [-0.2, 0) is 16.0 Å². The van der Waals surface area contributed by atoms with E-state index in [1.165, 1.54) is 12.8 Å². The molecule has 2 N–H and O–H groups in total. The van der Waals surface area contributed by atoms with Crippen LogP contribution in [0.1, 0.15) is 51.0 Å². The lowest BCUT2D eigenvalue weighted by molar-refractivity contribution is -0.138. The molecule has 5 heteroatoms. The number of aryl methyl sites for hydroxylation is 1. The maximum atomic E-state index is 11.9. The van der Waals surface area contributed by atoms with E-state index in [1.807, 2.05) is 31.2 Å². The summed E-state index contributed by atoms with van der Waals surface area (Å²) in [6.45, 7) is 2.22. The molecule has 1 saturated carbocycles. The summed E-state index contributed by atoms with van der Waals surface area (Å²) in [4.78, 5) is 22.5. The van der Waals surface area contributed by atoms with Gasteiger partial charge in [-0.2, -0.15) is 0 Å². The zero-order valence-corrected chi connectivity index (χ0v) is 14.3. The quantitative estimate of drug-likeness (QED) is 0.728. The molecule has 132 valence electrons. The number of hydrogen-bond acceptors (Lipinski definition) is 3. The average Bonchev–Trinajstić information content (AvgIpc) is 3.03. The van der Waals surface area contributed by atoms with Crippen molar-refractivity contribution in [3.8, 4) is 5.75 Å². The number of ether oxygens (including phenoxy) is 1. The second kappa shape index (κ2) is 9.30. The van der Waals surface area contributed by atoms with E-state index < -0.39 is 5.97 Å². The summed E-state index contributed by atoms with van der Waals surface area (Å²) < 4.78 is 5.98. The van der Waals surface area contributed by atoms with Gasteiger partial charge >= 0.3 is 5.97 Å². The number of carboxylic acids is 1. The molecule has 1 amide bonds. The SMILES string of the molecule is CC(CNC(=O)CCc1cccc(OC2CCCC2)c1)CC(=O)O. The van der Waals surface area contributed by atoms with Crippen molar-refractivity contribution in [3.63, 3.8) is 0 Å². The number of carbonyl (C=O) groups excluding carboxylic acids is 1. The van der Waals surface area contributed by atoms with Gasteiger partial charge in [0.2, 0.25) is 5.91 Å². The highest BCUT2D eigenvalue weighted by Gasteiger charge is 2.16. The van der Waals surface area contributed by atoms with Crippen LogP contribution in [0, 0.1) is 5.92 Å². The molecule has 0 heterocycles. The van der Waals surface area contributed by atoms with Gasteiger partial charge in [-0.3, -0.25) is 9.59 Å². The van der Waals surface area contributed by atoms with Gasteiger partial charge in [0.25, 0.3) is 0 Å². The van der Waals surface area contributed by atoms with Crippen molar-refractivity contribution in [1.29, 1.82) is 0 Å². The number of hydrogen-bond donors (Lipinski definition) is 2. The van der Waals surface area contributed by atoms with Crippen LogP contribution >= 0.6 is 0 Å². The topological polar surface area (TPSA) is 75.6 Å². The molecular weight excluding hydrogens is 306 g/mol. The number of nitrogens with one attached hydrogen (secondary N) is 1. The standard InChI is InChI=1S/C19H27NO4/c1-14(11-19(22)23)13-20-18(21)10-9-15-5-4-8-17(12-15)24-16-6-2-3-7-16/h4-5,8,12,14,16H,2-3,6-7,9-11,13H2,1H3,(H,20,21)(H,22,23). The van der Waals surface area contributed by atoms with Crippen molar-refractivity contribution in [3.05, 3.63) is 29.8 Å². The first-order chi connectivity index (χ1) is 11.5. The van der Waals surface area contributed by atoms with Crippen molar-refractivity contribution in [1.82, 2.24) is 5.32 Å². The molecule has 1 aliphatic rings. The molecule has 0 spiro atoms. The van der Waals surface area contributed by atoms with Gasteiger partial charge in [0.1, 0.15) is 5.75 Å². The summed E-state index contributed by atoms with van der Waals surface area (Å²) in [5.74, 6) is -0.0605.